The third kappa shape index (κ3) is 6.86. The molecule has 4 nitrogen and oxygen atoms in total. The molecule has 0 fully saturated rings. The average Bonchev–Trinajstić information content (AvgIpc) is 3.45. The van der Waals surface area contributed by atoms with Crippen LogP contribution in [0, 0.1) is 0 Å². The van der Waals surface area contributed by atoms with Crippen LogP contribution in [0.4, 0.5) is 11.4 Å². The number of hydrogen-bond acceptors (Lipinski definition) is 4. The summed E-state index contributed by atoms with van der Waals surface area (Å²) in [7, 11) is 2.14. The molecule has 1 aromatic heterocycles. The summed E-state index contributed by atoms with van der Waals surface area (Å²) < 4.78 is 0. The molecule has 0 aliphatic heterocycles. The van der Waals surface area contributed by atoms with Crippen molar-refractivity contribution in [2.75, 3.05) is 11.9 Å². The summed E-state index contributed by atoms with van der Waals surface area (Å²) >= 11 is 0. The van der Waals surface area contributed by atoms with Crippen LogP contribution < -0.4 is 4.90 Å². The standard InChI is InChI=1S/C56H44N4/c1-56(2)50-29-15-7-14-28-48(50)49-37-41(31-32-51(49)56)47-27-16-17-30-52(47)60(3)46-26-18-25-42(36-46)54-57-53(40-23-12-6-13-24-40)58-55(59-54)45-34-43(38-19-8-4-9-20-38)33-44(35-45)39-21-10-5-11-22-39/h4-28,30-37H,29H2,1-3H3. The summed E-state index contributed by atoms with van der Waals surface area (Å²) in [5.74, 6) is 1.86. The lowest BCUT2D eigenvalue weighted by molar-refractivity contribution is 0.626. The van der Waals surface area contributed by atoms with E-state index in [9.17, 15) is 0 Å². The Hall–Kier alpha value is -7.43. The number of rotatable bonds is 8. The van der Waals surface area contributed by atoms with Crippen LogP contribution in [-0.4, -0.2) is 22.0 Å². The third-order valence-electron chi connectivity index (χ3n) is 12.0. The van der Waals surface area contributed by atoms with Crippen LogP contribution >= 0.6 is 0 Å². The van der Waals surface area contributed by atoms with Gasteiger partial charge in [-0.25, -0.2) is 15.0 Å². The van der Waals surface area contributed by atoms with Crippen LogP contribution in [0.1, 0.15) is 31.4 Å². The van der Waals surface area contributed by atoms with Crippen molar-refractivity contribution in [2.24, 2.45) is 0 Å². The fourth-order valence-corrected chi connectivity index (χ4v) is 8.82. The van der Waals surface area contributed by atoms with Crippen molar-refractivity contribution in [3.63, 3.8) is 0 Å². The van der Waals surface area contributed by atoms with Gasteiger partial charge in [-0.2, -0.15) is 0 Å². The zero-order chi connectivity index (χ0) is 40.6. The molecular weight excluding hydrogens is 729 g/mol. The molecule has 288 valence electrons. The molecule has 60 heavy (non-hydrogen) atoms. The Morgan fingerprint density at radius 2 is 1.02 bits per heavy atom. The van der Waals surface area contributed by atoms with E-state index in [0.29, 0.717) is 17.5 Å². The van der Waals surface area contributed by atoms with E-state index < -0.39 is 0 Å². The highest BCUT2D eigenvalue weighted by molar-refractivity contribution is 5.91. The topological polar surface area (TPSA) is 41.9 Å². The first-order valence-electron chi connectivity index (χ1n) is 20.6. The molecule has 0 saturated heterocycles. The van der Waals surface area contributed by atoms with E-state index in [1.807, 2.05) is 30.3 Å². The molecule has 2 aliphatic carbocycles. The number of fused-ring (bicyclic) bond motifs is 2. The molecule has 0 amide bonds. The number of hydrogen-bond donors (Lipinski definition) is 0. The lowest BCUT2D eigenvalue weighted by Crippen LogP contribution is -2.17. The van der Waals surface area contributed by atoms with Gasteiger partial charge in [-0.1, -0.05) is 172 Å². The summed E-state index contributed by atoms with van der Waals surface area (Å²) in [4.78, 5) is 17.8. The van der Waals surface area contributed by atoms with Crippen molar-refractivity contribution >= 4 is 16.9 Å². The number of para-hydroxylation sites is 1. The largest absolute Gasteiger partial charge is 0.344 e. The van der Waals surface area contributed by atoms with Gasteiger partial charge < -0.3 is 4.90 Å². The Morgan fingerprint density at radius 1 is 0.450 bits per heavy atom. The fraction of sp³-hybridized carbons (Fsp3) is 0.0893. The van der Waals surface area contributed by atoms with Crippen LogP contribution in [0.15, 0.2) is 206 Å². The monoisotopic (exact) mass is 772 g/mol. The van der Waals surface area contributed by atoms with Crippen molar-refractivity contribution in [2.45, 2.75) is 25.7 Å². The first kappa shape index (κ1) is 36.9. The van der Waals surface area contributed by atoms with Gasteiger partial charge in [0.05, 0.1) is 0 Å². The summed E-state index contributed by atoms with van der Waals surface area (Å²) in [6, 6.07) is 62.0. The van der Waals surface area contributed by atoms with Crippen molar-refractivity contribution in [3.8, 4) is 67.5 Å². The minimum absolute atomic E-state index is 0.0108. The number of aromatic nitrogens is 3. The van der Waals surface area contributed by atoms with Gasteiger partial charge in [0.25, 0.3) is 0 Å². The first-order chi connectivity index (χ1) is 29.4. The summed E-state index contributed by atoms with van der Waals surface area (Å²) in [5.41, 5.74) is 17.3. The molecule has 0 unspecified atom stereocenters. The smallest absolute Gasteiger partial charge is 0.164 e. The maximum atomic E-state index is 5.24. The molecule has 0 N–H and O–H groups in total. The second-order valence-electron chi connectivity index (χ2n) is 16.1. The highest BCUT2D eigenvalue weighted by Crippen LogP contribution is 2.50. The zero-order valence-electron chi connectivity index (χ0n) is 34.0. The maximum Gasteiger partial charge on any atom is 0.164 e. The number of nitrogens with zero attached hydrogens (tertiary/aromatic N) is 4. The lowest BCUT2D eigenvalue weighted by atomic mass is 9.79. The lowest BCUT2D eigenvalue weighted by Gasteiger charge is -2.25. The number of allylic oxidation sites excluding steroid dienone is 6. The molecular formula is C56H44N4. The molecule has 10 rings (SSSR count). The van der Waals surface area contributed by atoms with Gasteiger partial charge in [0, 0.05) is 46.1 Å². The van der Waals surface area contributed by atoms with E-state index in [2.05, 4.69) is 196 Å². The predicted molar refractivity (Wildman–Crippen MR) is 250 cm³/mol. The van der Waals surface area contributed by atoms with E-state index in [1.54, 1.807) is 0 Å². The van der Waals surface area contributed by atoms with Crippen molar-refractivity contribution in [1.82, 2.24) is 15.0 Å². The van der Waals surface area contributed by atoms with E-state index in [4.69, 9.17) is 15.0 Å². The molecule has 4 heteroatoms. The Kier molecular flexibility index (Phi) is 9.46. The van der Waals surface area contributed by atoms with E-state index in [-0.39, 0.29) is 5.41 Å². The Labute approximate surface area is 352 Å². The Morgan fingerprint density at radius 3 is 1.70 bits per heavy atom. The summed E-state index contributed by atoms with van der Waals surface area (Å²) in [6.45, 7) is 4.72. The first-order valence-corrected chi connectivity index (χ1v) is 20.6. The SMILES string of the molecule is CN(c1cccc(-c2nc(-c3ccccc3)nc(-c3cc(-c4ccccc4)cc(-c4ccccc4)c3)n2)c1)c1ccccc1-c1ccc2c(c1)C1=C(CC=CC=C1)C2(C)C. The zero-order valence-corrected chi connectivity index (χ0v) is 34.0. The predicted octanol–water partition coefficient (Wildman–Crippen LogP) is 14.2. The summed E-state index contributed by atoms with van der Waals surface area (Å²) in [6.07, 6.45) is 9.88. The van der Waals surface area contributed by atoms with Gasteiger partial charge in [0.1, 0.15) is 0 Å². The second kappa shape index (κ2) is 15.4. The van der Waals surface area contributed by atoms with Crippen LogP contribution in [0.3, 0.4) is 0 Å². The van der Waals surface area contributed by atoms with E-state index in [1.165, 1.54) is 33.4 Å². The highest BCUT2D eigenvalue weighted by atomic mass is 15.1. The molecule has 0 bridgehead atoms. The minimum Gasteiger partial charge on any atom is -0.344 e. The molecule has 1 heterocycles. The maximum absolute atomic E-state index is 5.24. The second-order valence-corrected chi connectivity index (χ2v) is 16.1. The van der Waals surface area contributed by atoms with Gasteiger partial charge >= 0.3 is 0 Å². The molecule has 0 atom stereocenters. The molecule has 0 saturated carbocycles. The number of anilines is 2. The van der Waals surface area contributed by atoms with Crippen molar-refractivity contribution in [1.29, 1.82) is 0 Å². The van der Waals surface area contributed by atoms with Gasteiger partial charge in [-0.3, -0.25) is 0 Å². The Balaban J connectivity index is 1.06. The van der Waals surface area contributed by atoms with Crippen LogP contribution in [-0.2, 0) is 5.41 Å². The fourth-order valence-electron chi connectivity index (χ4n) is 8.82. The normalized spacial score (nSPS) is 13.8. The van der Waals surface area contributed by atoms with Crippen LogP contribution in [0.25, 0.3) is 73.1 Å². The third-order valence-corrected chi connectivity index (χ3v) is 12.0. The molecule has 2 aliphatic rings. The number of benzene rings is 7. The van der Waals surface area contributed by atoms with Gasteiger partial charge in [0.2, 0.25) is 0 Å². The van der Waals surface area contributed by atoms with Gasteiger partial charge in [-0.05, 0) is 99.0 Å². The van der Waals surface area contributed by atoms with Gasteiger partial charge in [-0.15, -0.1) is 0 Å². The molecule has 7 aromatic carbocycles. The summed E-state index contributed by atoms with van der Waals surface area (Å²) in [5, 5.41) is 0. The van der Waals surface area contributed by atoms with Crippen molar-refractivity contribution < 1.29 is 0 Å². The molecule has 8 aromatic rings. The molecule has 0 radical (unpaired) electrons. The van der Waals surface area contributed by atoms with E-state index >= 15 is 0 Å². The van der Waals surface area contributed by atoms with E-state index in [0.717, 1.165) is 56.7 Å². The quantitative estimate of drug-likeness (QED) is 0.154. The average molecular weight is 773 g/mol. The van der Waals surface area contributed by atoms with Crippen LogP contribution in [0.2, 0.25) is 0 Å². The van der Waals surface area contributed by atoms with Gasteiger partial charge in [0.15, 0.2) is 17.5 Å². The highest BCUT2D eigenvalue weighted by Gasteiger charge is 2.36. The minimum atomic E-state index is -0.0108. The molecule has 0 spiro atoms. The Bertz CT molecular complexity index is 2920. The van der Waals surface area contributed by atoms with Crippen molar-refractivity contribution in [3.05, 3.63) is 217 Å². The van der Waals surface area contributed by atoms with Crippen LogP contribution in [0.5, 0.6) is 0 Å².